The number of hydrogen-bond donors (Lipinski definition) is 2. The maximum absolute atomic E-state index is 5.78. The van der Waals surface area contributed by atoms with Crippen molar-refractivity contribution in [3.8, 4) is 0 Å². The molecule has 0 aliphatic rings. The van der Waals surface area contributed by atoms with Crippen LogP contribution in [0.4, 0.5) is 0 Å². The Hall–Kier alpha value is -0.420. The van der Waals surface area contributed by atoms with E-state index in [4.69, 9.17) is 10.5 Å². The van der Waals surface area contributed by atoms with Crippen molar-refractivity contribution in [2.75, 3.05) is 13.7 Å². The normalized spacial score (nSPS) is 17.3. The highest BCUT2D eigenvalue weighted by molar-refractivity contribution is 7.09. The van der Waals surface area contributed by atoms with Gasteiger partial charge in [-0.25, -0.2) is 0 Å². The van der Waals surface area contributed by atoms with Crippen molar-refractivity contribution in [3.05, 3.63) is 22.4 Å². The van der Waals surface area contributed by atoms with Crippen LogP contribution in [0.1, 0.15) is 18.7 Å². The van der Waals surface area contributed by atoms with Crippen molar-refractivity contribution >= 4 is 11.3 Å². The molecule has 1 heterocycles. The fourth-order valence-electron chi connectivity index (χ4n) is 1.34. The smallest absolute Gasteiger partial charge is 0.0734 e. The Morgan fingerprint density at radius 1 is 1.67 bits per heavy atom. The molecule has 4 heteroatoms. The third-order valence-corrected chi connectivity index (χ3v) is 3.80. The van der Waals surface area contributed by atoms with Crippen molar-refractivity contribution < 1.29 is 4.74 Å². The molecule has 0 fully saturated rings. The number of methoxy groups -OCH3 is 1. The zero-order chi connectivity index (χ0) is 11.3. The molecule has 2 atom stereocenters. The van der Waals surface area contributed by atoms with Crippen LogP contribution in [0.5, 0.6) is 0 Å². The van der Waals surface area contributed by atoms with Gasteiger partial charge in [-0.05, 0) is 25.3 Å². The van der Waals surface area contributed by atoms with Gasteiger partial charge in [-0.3, -0.25) is 0 Å². The minimum Gasteiger partial charge on any atom is -0.380 e. The quantitative estimate of drug-likeness (QED) is 0.777. The van der Waals surface area contributed by atoms with Crippen molar-refractivity contribution in [2.24, 2.45) is 5.73 Å². The number of thiophene rings is 1. The zero-order valence-corrected chi connectivity index (χ0v) is 10.4. The van der Waals surface area contributed by atoms with Crippen molar-refractivity contribution in [1.82, 2.24) is 5.32 Å². The molecular formula is C11H20N2OS. The summed E-state index contributed by atoms with van der Waals surface area (Å²) in [6, 6.07) is 4.17. The summed E-state index contributed by atoms with van der Waals surface area (Å²) in [4.78, 5) is 1.32. The van der Waals surface area contributed by atoms with Gasteiger partial charge in [-0.15, -0.1) is 11.3 Å². The average molecular weight is 228 g/mol. The molecule has 0 radical (unpaired) electrons. The predicted molar refractivity (Wildman–Crippen MR) is 65.1 cm³/mol. The van der Waals surface area contributed by atoms with Crippen molar-refractivity contribution in [2.45, 2.75) is 32.0 Å². The van der Waals surface area contributed by atoms with E-state index < -0.39 is 0 Å². The van der Waals surface area contributed by atoms with Crippen molar-refractivity contribution in [1.29, 1.82) is 0 Å². The SMILES string of the molecule is COC(C)C(C)(CN)NCc1cccs1. The first kappa shape index (κ1) is 12.6. The van der Waals surface area contributed by atoms with E-state index >= 15 is 0 Å². The summed E-state index contributed by atoms with van der Waals surface area (Å²) in [6.45, 7) is 5.54. The molecule has 0 amide bonds. The van der Waals surface area contributed by atoms with Crippen LogP contribution in [-0.2, 0) is 11.3 Å². The van der Waals surface area contributed by atoms with Gasteiger partial charge >= 0.3 is 0 Å². The van der Waals surface area contributed by atoms with Gasteiger partial charge in [0.1, 0.15) is 0 Å². The third-order valence-electron chi connectivity index (χ3n) is 2.92. The molecule has 1 aromatic rings. The minimum absolute atomic E-state index is 0.0995. The summed E-state index contributed by atoms with van der Waals surface area (Å²) in [5.74, 6) is 0. The molecule has 86 valence electrons. The van der Waals surface area contributed by atoms with Gasteiger partial charge in [0.25, 0.3) is 0 Å². The Bertz CT molecular complexity index is 276. The molecule has 3 nitrogen and oxygen atoms in total. The molecule has 1 rings (SSSR count). The number of hydrogen-bond acceptors (Lipinski definition) is 4. The average Bonchev–Trinajstić information content (AvgIpc) is 2.77. The molecular weight excluding hydrogens is 208 g/mol. The molecule has 0 saturated carbocycles. The van der Waals surface area contributed by atoms with E-state index in [2.05, 4.69) is 29.8 Å². The summed E-state index contributed by atoms with van der Waals surface area (Å²) < 4.78 is 5.34. The first-order valence-corrected chi connectivity index (χ1v) is 6.00. The minimum atomic E-state index is -0.168. The Labute approximate surface area is 95.6 Å². The number of nitrogens with two attached hydrogens (primary N) is 1. The van der Waals surface area contributed by atoms with E-state index in [0.29, 0.717) is 6.54 Å². The lowest BCUT2D eigenvalue weighted by molar-refractivity contribution is 0.0412. The molecule has 0 saturated heterocycles. The van der Waals surface area contributed by atoms with E-state index in [9.17, 15) is 0 Å². The highest BCUT2D eigenvalue weighted by Crippen LogP contribution is 2.14. The van der Waals surface area contributed by atoms with Gasteiger partial charge in [0, 0.05) is 25.1 Å². The summed E-state index contributed by atoms with van der Waals surface area (Å²) in [5.41, 5.74) is 5.62. The van der Waals surface area contributed by atoms with E-state index in [-0.39, 0.29) is 11.6 Å². The molecule has 0 aliphatic carbocycles. The maximum atomic E-state index is 5.78. The van der Waals surface area contributed by atoms with Gasteiger partial charge < -0.3 is 15.8 Å². The van der Waals surface area contributed by atoms with Crippen LogP contribution in [0.25, 0.3) is 0 Å². The second-order valence-corrected chi connectivity index (χ2v) is 4.96. The van der Waals surface area contributed by atoms with Gasteiger partial charge in [-0.1, -0.05) is 6.07 Å². The molecule has 0 aliphatic heterocycles. The largest absolute Gasteiger partial charge is 0.380 e. The van der Waals surface area contributed by atoms with E-state index in [1.165, 1.54) is 4.88 Å². The fraction of sp³-hybridized carbons (Fsp3) is 0.636. The molecule has 2 unspecified atom stereocenters. The monoisotopic (exact) mass is 228 g/mol. The molecule has 0 aromatic carbocycles. The van der Waals surface area contributed by atoms with Gasteiger partial charge in [-0.2, -0.15) is 0 Å². The van der Waals surface area contributed by atoms with Crippen LogP contribution >= 0.6 is 11.3 Å². The molecule has 0 bridgehead atoms. The Balaban J connectivity index is 2.53. The molecule has 0 spiro atoms. The standard InChI is InChI=1S/C11H20N2OS/c1-9(14-3)11(2,8-12)13-7-10-5-4-6-15-10/h4-6,9,13H,7-8,12H2,1-3H3. The van der Waals surface area contributed by atoms with Gasteiger partial charge in [0.15, 0.2) is 0 Å². The molecule has 1 aromatic heterocycles. The Kier molecular flexibility index (Phi) is 4.73. The van der Waals surface area contributed by atoms with Gasteiger partial charge in [0.05, 0.1) is 11.6 Å². The Morgan fingerprint density at radius 3 is 2.87 bits per heavy atom. The van der Waals surface area contributed by atoms with Crippen LogP contribution in [0, 0.1) is 0 Å². The maximum Gasteiger partial charge on any atom is 0.0734 e. The number of rotatable bonds is 6. The lowest BCUT2D eigenvalue weighted by atomic mass is 9.96. The summed E-state index contributed by atoms with van der Waals surface area (Å²) >= 11 is 1.75. The highest BCUT2D eigenvalue weighted by atomic mass is 32.1. The van der Waals surface area contributed by atoms with E-state index in [1.807, 2.05) is 6.92 Å². The van der Waals surface area contributed by atoms with Crippen LogP contribution in [0.15, 0.2) is 17.5 Å². The number of nitrogens with one attached hydrogen (secondary N) is 1. The second kappa shape index (κ2) is 5.61. The lowest BCUT2D eigenvalue weighted by Crippen LogP contribution is -2.56. The van der Waals surface area contributed by atoms with Crippen LogP contribution in [0.2, 0.25) is 0 Å². The zero-order valence-electron chi connectivity index (χ0n) is 9.62. The van der Waals surface area contributed by atoms with E-state index in [1.54, 1.807) is 18.4 Å². The first-order valence-electron chi connectivity index (χ1n) is 5.12. The van der Waals surface area contributed by atoms with Crippen LogP contribution in [0.3, 0.4) is 0 Å². The summed E-state index contributed by atoms with van der Waals surface area (Å²) in [7, 11) is 1.71. The predicted octanol–water partition coefficient (Wildman–Crippen LogP) is 1.59. The topological polar surface area (TPSA) is 47.3 Å². The highest BCUT2D eigenvalue weighted by Gasteiger charge is 2.29. The van der Waals surface area contributed by atoms with E-state index in [0.717, 1.165) is 6.54 Å². The van der Waals surface area contributed by atoms with Crippen LogP contribution in [-0.4, -0.2) is 25.3 Å². The van der Waals surface area contributed by atoms with Gasteiger partial charge in [0.2, 0.25) is 0 Å². The molecule has 15 heavy (non-hydrogen) atoms. The lowest BCUT2D eigenvalue weighted by Gasteiger charge is -2.34. The fourth-order valence-corrected chi connectivity index (χ4v) is 1.99. The number of ether oxygens (including phenoxy) is 1. The van der Waals surface area contributed by atoms with Crippen molar-refractivity contribution in [3.63, 3.8) is 0 Å². The summed E-state index contributed by atoms with van der Waals surface area (Å²) in [5, 5.41) is 5.54. The van der Waals surface area contributed by atoms with Crippen LogP contribution < -0.4 is 11.1 Å². The molecule has 3 N–H and O–H groups in total. The third kappa shape index (κ3) is 3.28. The summed E-state index contributed by atoms with van der Waals surface area (Å²) in [6.07, 6.45) is 0.0995. The second-order valence-electron chi connectivity index (χ2n) is 3.93. The Morgan fingerprint density at radius 2 is 2.40 bits per heavy atom. The first-order chi connectivity index (χ1) is 7.12.